The van der Waals surface area contributed by atoms with Gasteiger partial charge in [0.25, 0.3) is 5.91 Å². The number of nitrogens with zero attached hydrogens (tertiary/aromatic N) is 1. The van der Waals surface area contributed by atoms with E-state index in [0.29, 0.717) is 13.2 Å². The highest BCUT2D eigenvalue weighted by Gasteiger charge is 2.26. The lowest BCUT2D eigenvalue weighted by molar-refractivity contribution is -0.145. The Balaban J connectivity index is 2.43. The topological polar surface area (TPSA) is 41.6 Å². The maximum atomic E-state index is 12.0. The zero-order chi connectivity index (χ0) is 11.3. The van der Waals surface area contributed by atoms with Crippen molar-refractivity contribution in [3.05, 3.63) is 0 Å². The summed E-state index contributed by atoms with van der Waals surface area (Å²) in [6.07, 6.45) is 1.75. The van der Waals surface area contributed by atoms with E-state index in [2.05, 4.69) is 12.2 Å². The van der Waals surface area contributed by atoms with E-state index >= 15 is 0 Å². The maximum absolute atomic E-state index is 12.0. The van der Waals surface area contributed by atoms with Crippen LogP contribution in [0.15, 0.2) is 0 Å². The third kappa shape index (κ3) is 3.66. The molecule has 5 heteroatoms. The number of rotatable bonds is 4. The van der Waals surface area contributed by atoms with Crippen molar-refractivity contribution >= 4 is 17.7 Å². The molecular weight excluding hydrogens is 212 g/mol. The van der Waals surface area contributed by atoms with Crippen LogP contribution in [-0.4, -0.2) is 61.7 Å². The second-order valence-electron chi connectivity index (χ2n) is 3.82. The fourth-order valence-electron chi connectivity index (χ4n) is 1.52. The second-order valence-corrected chi connectivity index (χ2v) is 4.73. The van der Waals surface area contributed by atoms with Crippen LogP contribution in [0.5, 0.6) is 0 Å². The first-order valence-electron chi connectivity index (χ1n) is 5.24. The average Bonchev–Trinajstić information content (AvgIpc) is 2.28. The summed E-state index contributed by atoms with van der Waals surface area (Å²) in [6, 6.07) is 0.262. The van der Waals surface area contributed by atoms with Crippen LogP contribution in [0.4, 0.5) is 0 Å². The van der Waals surface area contributed by atoms with Crippen molar-refractivity contribution in [3.63, 3.8) is 0 Å². The fourth-order valence-corrected chi connectivity index (χ4v) is 2.23. The molecule has 88 valence electrons. The van der Waals surface area contributed by atoms with E-state index in [1.165, 1.54) is 0 Å². The van der Waals surface area contributed by atoms with Gasteiger partial charge in [-0.15, -0.1) is 0 Å². The SMILES string of the molecule is CSCC(C)N(C)C(=O)C1CNCCO1. The zero-order valence-corrected chi connectivity index (χ0v) is 10.5. The number of thioether (sulfide) groups is 1. The molecule has 2 unspecified atom stereocenters. The van der Waals surface area contributed by atoms with Gasteiger partial charge in [0.2, 0.25) is 0 Å². The number of likely N-dealkylation sites (N-methyl/N-ethyl adjacent to an activating group) is 1. The van der Waals surface area contributed by atoms with Crippen molar-refractivity contribution in [2.45, 2.75) is 19.1 Å². The minimum absolute atomic E-state index is 0.0868. The average molecular weight is 232 g/mol. The van der Waals surface area contributed by atoms with E-state index in [-0.39, 0.29) is 18.1 Å². The zero-order valence-electron chi connectivity index (χ0n) is 9.66. The molecule has 1 heterocycles. The summed E-state index contributed by atoms with van der Waals surface area (Å²) in [4.78, 5) is 13.8. The van der Waals surface area contributed by atoms with Crippen LogP contribution in [0.2, 0.25) is 0 Å². The van der Waals surface area contributed by atoms with Gasteiger partial charge in [0.1, 0.15) is 6.10 Å². The van der Waals surface area contributed by atoms with Gasteiger partial charge in [-0.3, -0.25) is 4.79 Å². The van der Waals surface area contributed by atoms with E-state index in [1.54, 1.807) is 16.7 Å². The summed E-state index contributed by atoms with van der Waals surface area (Å²) in [5.74, 6) is 1.05. The molecule has 1 saturated heterocycles. The van der Waals surface area contributed by atoms with Gasteiger partial charge in [0.05, 0.1) is 6.61 Å². The first kappa shape index (κ1) is 12.8. The predicted octanol–water partition coefficient (Wildman–Crippen LogP) is 0.185. The molecule has 0 aliphatic carbocycles. The maximum Gasteiger partial charge on any atom is 0.253 e. The van der Waals surface area contributed by atoms with E-state index in [4.69, 9.17) is 4.74 Å². The smallest absolute Gasteiger partial charge is 0.253 e. The Morgan fingerprint density at radius 3 is 3.00 bits per heavy atom. The highest BCUT2D eigenvalue weighted by Crippen LogP contribution is 2.08. The Kier molecular flexibility index (Phi) is 5.42. The predicted molar refractivity (Wildman–Crippen MR) is 63.2 cm³/mol. The molecule has 1 aliphatic heterocycles. The molecule has 0 aromatic carbocycles. The van der Waals surface area contributed by atoms with Crippen molar-refractivity contribution in [2.75, 3.05) is 38.8 Å². The summed E-state index contributed by atoms with van der Waals surface area (Å²) < 4.78 is 5.43. The Morgan fingerprint density at radius 1 is 1.73 bits per heavy atom. The number of hydrogen-bond acceptors (Lipinski definition) is 4. The Hall–Kier alpha value is -0.260. The van der Waals surface area contributed by atoms with Gasteiger partial charge in [0.15, 0.2) is 0 Å². The van der Waals surface area contributed by atoms with Crippen LogP contribution in [0.3, 0.4) is 0 Å². The number of amides is 1. The van der Waals surface area contributed by atoms with Gasteiger partial charge in [-0.1, -0.05) is 0 Å². The van der Waals surface area contributed by atoms with E-state index < -0.39 is 0 Å². The lowest BCUT2D eigenvalue weighted by Crippen LogP contribution is -2.50. The number of hydrogen-bond donors (Lipinski definition) is 1. The molecule has 2 atom stereocenters. The van der Waals surface area contributed by atoms with E-state index in [0.717, 1.165) is 12.3 Å². The van der Waals surface area contributed by atoms with Crippen LogP contribution < -0.4 is 5.32 Å². The highest BCUT2D eigenvalue weighted by atomic mass is 32.2. The molecule has 0 aromatic heterocycles. The van der Waals surface area contributed by atoms with Crippen molar-refractivity contribution < 1.29 is 9.53 Å². The third-order valence-corrected chi connectivity index (χ3v) is 3.44. The number of morpholine rings is 1. The first-order valence-corrected chi connectivity index (χ1v) is 6.64. The fraction of sp³-hybridized carbons (Fsp3) is 0.900. The molecule has 1 rings (SSSR count). The lowest BCUT2D eigenvalue weighted by atomic mass is 10.2. The van der Waals surface area contributed by atoms with Gasteiger partial charge in [-0.25, -0.2) is 0 Å². The summed E-state index contributed by atoms with van der Waals surface area (Å²) >= 11 is 1.75. The van der Waals surface area contributed by atoms with Crippen molar-refractivity contribution in [3.8, 4) is 0 Å². The monoisotopic (exact) mass is 232 g/mol. The molecule has 1 fully saturated rings. The summed E-state index contributed by atoms with van der Waals surface area (Å²) in [6.45, 7) is 4.16. The second kappa shape index (κ2) is 6.35. The standard InChI is InChI=1S/C10H20N2O2S/c1-8(7-15-3)12(2)10(13)9-6-11-4-5-14-9/h8-9,11H,4-7H2,1-3H3. The molecule has 1 aliphatic rings. The molecular formula is C10H20N2O2S. The molecule has 0 bridgehead atoms. The summed E-state index contributed by atoms with van der Waals surface area (Å²) in [5.41, 5.74) is 0. The Morgan fingerprint density at radius 2 is 2.47 bits per heavy atom. The normalized spacial score (nSPS) is 23.5. The van der Waals surface area contributed by atoms with E-state index in [9.17, 15) is 4.79 Å². The van der Waals surface area contributed by atoms with Crippen LogP contribution in [0, 0.1) is 0 Å². The number of ether oxygens (including phenoxy) is 1. The van der Waals surface area contributed by atoms with Crippen LogP contribution in [-0.2, 0) is 9.53 Å². The van der Waals surface area contributed by atoms with Gasteiger partial charge in [-0.2, -0.15) is 11.8 Å². The Bertz CT molecular complexity index is 208. The minimum Gasteiger partial charge on any atom is -0.366 e. The quantitative estimate of drug-likeness (QED) is 0.751. The summed E-state index contributed by atoms with van der Waals surface area (Å²) in [7, 11) is 1.85. The molecule has 0 radical (unpaired) electrons. The van der Waals surface area contributed by atoms with Gasteiger partial charge in [0, 0.05) is 31.9 Å². The number of carbonyl (C=O) groups is 1. The number of carbonyl (C=O) groups excluding carboxylic acids is 1. The molecule has 15 heavy (non-hydrogen) atoms. The first-order chi connectivity index (χ1) is 7.16. The van der Waals surface area contributed by atoms with Crippen molar-refractivity contribution in [1.29, 1.82) is 0 Å². The molecule has 0 saturated carbocycles. The molecule has 0 spiro atoms. The van der Waals surface area contributed by atoms with Crippen LogP contribution in [0.25, 0.3) is 0 Å². The van der Waals surface area contributed by atoms with Crippen molar-refractivity contribution in [1.82, 2.24) is 10.2 Å². The highest BCUT2D eigenvalue weighted by molar-refractivity contribution is 7.98. The van der Waals surface area contributed by atoms with Gasteiger partial charge >= 0.3 is 0 Å². The van der Waals surface area contributed by atoms with Crippen LogP contribution >= 0.6 is 11.8 Å². The van der Waals surface area contributed by atoms with Crippen LogP contribution in [0.1, 0.15) is 6.92 Å². The summed E-state index contributed by atoms with van der Waals surface area (Å²) in [5, 5.41) is 3.16. The Labute approximate surface area is 95.7 Å². The third-order valence-electron chi connectivity index (χ3n) is 2.62. The molecule has 1 amide bonds. The van der Waals surface area contributed by atoms with E-state index in [1.807, 2.05) is 13.3 Å². The van der Waals surface area contributed by atoms with Gasteiger partial charge in [-0.05, 0) is 13.2 Å². The molecule has 0 aromatic rings. The minimum atomic E-state index is -0.298. The van der Waals surface area contributed by atoms with Crippen molar-refractivity contribution in [2.24, 2.45) is 0 Å². The molecule has 4 nitrogen and oxygen atoms in total. The largest absolute Gasteiger partial charge is 0.366 e. The molecule has 1 N–H and O–H groups in total. The lowest BCUT2D eigenvalue weighted by Gasteiger charge is -2.30. The van der Waals surface area contributed by atoms with Gasteiger partial charge < -0.3 is 15.0 Å². The number of nitrogens with one attached hydrogen (secondary N) is 1.